The molecular weight excluding hydrogens is 426 g/mol. The second kappa shape index (κ2) is 7.86. The van der Waals surface area contributed by atoms with Crippen LogP contribution in [0.3, 0.4) is 0 Å². The van der Waals surface area contributed by atoms with Gasteiger partial charge in [0.1, 0.15) is 11.8 Å². The van der Waals surface area contributed by atoms with Crippen LogP contribution >= 0.6 is 11.6 Å². The largest absolute Gasteiger partial charge is 0.382 e. The Morgan fingerprint density at radius 2 is 2.12 bits per heavy atom. The molecular formula is C23H26ClN7O. The Balaban J connectivity index is 1.50. The molecule has 3 heterocycles. The van der Waals surface area contributed by atoms with Crippen molar-refractivity contribution >= 4 is 46.1 Å². The number of hydrogen-bond donors (Lipinski definition) is 2. The first-order valence-corrected chi connectivity index (χ1v) is 11.2. The summed E-state index contributed by atoms with van der Waals surface area (Å²) < 4.78 is 1.92. The fourth-order valence-corrected chi connectivity index (χ4v) is 4.80. The van der Waals surface area contributed by atoms with Gasteiger partial charge >= 0.3 is 0 Å². The number of fused-ring (bicyclic) bond motifs is 1. The molecule has 1 aliphatic heterocycles. The highest BCUT2D eigenvalue weighted by Crippen LogP contribution is 2.38. The maximum atomic E-state index is 12.9. The summed E-state index contributed by atoms with van der Waals surface area (Å²) in [4.78, 5) is 27.8. The number of carbonyl (C=O) groups is 1. The lowest BCUT2D eigenvalue weighted by Gasteiger charge is -2.27. The highest BCUT2D eigenvalue weighted by Gasteiger charge is 2.43. The molecule has 0 bridgehead atoms. The van der Waals surface area contributed by atoms with Gasteiger partial charge in [0.05, 0.1) is 18.4 Å². The molecule has 0 spiro atoms. The first-order chi connectivity index (χ1) is 15.4. The summed E-state index contributed by atoms with van der Waals surface area (Å²) in [6.07, 6.45) is 8.40. The van der Waals surface area contributed by atoms with Gasteiger partial charge in [0.25, 0.3) is 0 Å². The van der Waals surface area contributed by atoms with E-state index in [9.17, 15) is 4.79 Å². The molecule has 9 heteroatoms. The van der Waals surface area contributed by atoms with Gasteiger partial charge in [0, 0.05) is 35.8 Å². The normalized spacial score (nSPS) is 20.8. The summed E-state index contributed by atoms with van der Waals surface area (Å²) in [5.74, 6) is 1.04. The molecule has 1 aliphatic carbocycles. The predicted octanol–water partition coefficient (Wildman–Crippen LogP) is 3.03. The molecule has 4 N–H and O–H groups in total. The lowest BCUT2D eigenvalue weighted by molar-refractivity contribution is -0.123. The molecule has 3 aromatic rings. The second-order valence-electron chi connectivity index (χ2n) is 8.86. The minimum atomic E-state index is -0.808. The fraction of sp³-hybridized carbons (Fsp3) is 0.391. The van der Waals surface area contributed by atoms with Gasteiger partial charge < -0.3 is 20.9 Å². The van der Waals surface area contributed by atoms with E-state index >= 15 is 0 Å². The highest BCUT2D eigenvalue weighted by atomic mass is 35.5. The molecule has 0 unspecified atom stereocenters. The number of nitrogens with zero attached hydrogens (tertiary/aromatic N) is 5. The maximum absolute atomic E-state index is 12.9. The van der Waals surface area contributed by atoms with Crippen LogP contribution in [0.1, 0.15) is 36.8 Å². The smallest absolute Gasteiger partial charge is 0.165 e. The molecule has 8 nitrogen and oxygen atoms in total. The van der Waals surface area contributed by atoms with Crippen LogP contribution in [-0.2, 0) is 11.3 Å². The van der Waals surface area contributed by atoms with Crippen LogP contribution in [-0.4, -0.2) is 43.9 Å². The van der Waals surface area contributed by atoms with E-state index in [0.717, 1.165) is 29.7 Å². The van der Waals surface area contributed by atoms with Crippen molar-refractivity contribution in [2.75, 3.05) is 23.7 Å². The van der Waals surface area contributed by atoms with Crippen molar-refractivity contribution in [3.8, 4) is 0 Å². The van der Waals surface area contributed by atoms with Crippen molar-refractivity contribution in [2.45, 2.75) is 37.8 Å². The quantitative estimate of drug-likeness (QED) is 0.567. The molecule has 0 radical (unpaired) electrons. The molecule has 1 atom stereocenters. The number of Topliss-reactive ketones (excluding diaryl/α,β-unsaturated/α-hetero) is 1. The van der Waals surface area contributed by atoms with E-state index < -0.39 is 5.54 Å². The first kappa shape index (κ1) is 20.9. The minimum absolute atomic E-state index is 0.176. The average molecular weight is 452 g/mol. The van der Waals surface area contributed by atoms with Gasteiger partial charge in [-0.05, 0) is 42.9 Å². The Labute approximate surface area is 191 Å². The molecule has 32 heavy (non-hydrogen) atoms. The van der Waals surface area contributed by atoms with Gasteiger partial charge in [0.15, 0.2) is 17.2 Å². The van der Waals surface area contributed by atoms with Crippen molar-refractivity contribution in [1.82, 2.24) is 19.5 Å². The summed E-state index contributed by atoms with van der Waals surface area (Å²) >= 11 is 6.52. The number of ketones is 1. The summed E-state index contributed by atoms with van der Waals surface area (Å²) in [7, 11) is 0. The summed E-state index contributed by atoms with van der Waals surface area (Å²) in [5.41, 5.74) is 15.7. The molecule has 1 aromatic carbocycles. The highest BCUT2D eigenvalue weighted by molar-refractivity contribution is 6.32. The molecule has 1 saturated carbocycles. The molecule has 2 aliphatic rings. The zero-order valence-electron chi connectivity index (χ0n) is 17.8. The van der Waals surface area contributed by atoms with Gasteiger partial charge in [-0.2, -0.15) is 0 Å². The van der Waals surface area contributed by atoms with E-state index in [0.29, 0.717) is 60.4 Å². The van der Waals surface area contributed by atoms with Crippen molar-refractivity contribution in [1.29, 1.82) is 0 Å². The van der Waals surface area contributed by atoms with Crippen molar-refractivity contribution in [3.63, 3.8) is 0 Å². The maximum Gasteiger partial charge on any atom is 0.165 e. The fourth-order valence-electron chi connectivity index (χ4n) is 4.55. The Bertz CT molecular complexity index is 1220. The Morgan fingerprint density at radius 1 is 1.31 bits per heavy atom. The van der Waals surface area contributed by atoms with Gasteiger partial charge in [0.2, 0.25) is 0 Å². The van der Waals surface area contributed by atoms with Crippen molar-refractivity contribution < 1.29 is 4.79 Å². The molecule has 2 fully saturated rings. The predicted molar refractivity (Wildman–Crippen MR) is 126 cm³/mol. The number of aromatic nitrogens is 4. The first-order valence-electron chi connectivity index (χ1n) is 10.8. The molecule has 0 amide bonds. The second-order valence-corrected chi connectivity index (χ2v) is 9.27. The number of anilines is 2. The number of benzene rings is 1. The zero-order valence-corrected chi connectivity index (χ0v) is 18.6. The van der Waals surface area contributed by atoms with E-state index in [1.54, 1.807) is 12.4 Å². The third kappa shape index (κ3) is 3.63. The Kier molecular flexibility index (Phi) is 5.14. The van der Waals surface area contributed by atoms with Crippen LogP contribution in [0.5, 0.6) is 0 Å². The van der Waals surface area contributed by atoms with Crippen LogP contribution < -0.4 is 16.4 Å². The van der Waals surface area contributed by atoms with Crippen LogP contribution in [0.4, 0.5) is 11.5 Å². The third-order valence-corrected chi connectivity index (χ3v) is 6.94. The summed E-state index contributed by atoms with van der Waals surface area (Å²) in [6.45, 7) is 5.63. The number of imidazole rings is 1. The number of halogens is 1. The van der Waals surface area contributed by atoms with E-state index in [2.05, 4.69) is 26.4 Å². The van der Waals surface area contributed by atoms with E-state index in [4.69, 9.17) is 23.1 Å². The average Bonchev–Trinajstić information content (AvgIpc) is 3.35. The standard InChI is InChI=1S/C23H26ClN7O/c1-2-15-16(10-31-13-29-20-21(25)27-12-28-22(20)31)18(6-5-17(15)24)30-8-7-23(26,11-30)19(32)9-14-3-4-14/h2,5-6,12-14H,1,3-4,7-11,26H2,(H2,25,27,28)/t23-/m1/s1. The zero-order chi connectivity index (χ0) is 22.5. The van der Waals surface area contributed by atoms with Crippen LogP contribution in [0.2, 0.25) is 5.02 Å². The molecule has 1 saturated heterocycles. The molecule has 166 valence electrons. The summed E-state index contributed by atoms with van der Waals surface area (Å²) in [5, 5.41) is 0.611. The SMILES string of the molecule is C=Cc1c(Cl)ccc(N2CC[C@](N)(C(=O)CC3CC3)C2)c1Cn1cnc2c(N)ncnc21. The molecule has 5 rings (SSSR count). The van der Waals surface area contributed by atoms with Gasteiger partial charge in [-0.15, -0.1) is 0 Å². The van der Waals surface area contributed by atoms with Gasteiger partial charge in [-0.25, -0.2) is 15.0 Å². The van der Waals surface area contributed by atoms with Crippen LogP contribution in [0.25, 0.3) is 17.2 Å². The number of nitrogen functional groups attached to an aromatic ring is 1. The Morgan fingerprint density at radius 3 is 2.88 bits per heavy atom. The minimum Gasteiger partial charge on any atom is -0.382 e. The topological polar surface area (TPSA) is 116 Å². The van der Waals surface area contributed by atoms with Crippen LogP contribution in [0, 0.1) is 5.92 Å². The van der Waals surface area contributed by atoms with E-state index in [1.807, 2.05) is 16.7 Å². The number of carbonyl (C=O) groups excluding carboxylic acids is 1. The van der Waals surface area contributed by atoms with E-state index in [-0.39, 0.29) is 5.78 Å². The number of nitrogens with two attached hydrogens (primary N) is 2. The lowest BCUT2D eigenvalue weighted by Crippen LogP contribution is -2.50. The Hall–Kier alpha value is -2.97. The number of rotatable bonds is 7. The van der Waals surface area contributed by atoms with Crippen LogP contribution in [0.15, 0.2) is 31.4 Å². The van der Waals surface area contributed by atoms with Crippen molar-refractivity contribution in [3.05, 3.63) is 47.5 Å². The summed E-state index contributed by atoms with van der Waals surface area (Å²) in [6, 6.07) is 3.86. The monoisotopic (exact) mass is 451 g/mol. The number of hydrogen-bond acceptors (Lipinski definition) is 7. The van der Waals surface area contributed by atoms with Gasteiger partial charge in [-0.1, -0.05) is 24.3 Å². The van der Waals surface area contributed by atoms with Gasteiger partial charge in [-0.3, -0.25) is 4.79 Å². The molecule has 2 aromatic heterocycles. The lowest BCUT2D eigenvalue weighted by atomic mass is 9.91. The van der Waals surface area contributed by atoms with Crippen molar-refractivity contribution in [2.24, 2.45) is 11.7 Å². The third-order valence-electron chi connectivity index (χ3n) is 6.61. The van der Waals surface area contributed by atoms with E-state index in [1.165, 1.54) is 6.33 Å².